The maximum absolute atomic E-state index is 5.66. The topological polar surface area (TPSA) is 39.7 Å². The average molecular weight is 279 g/mol. The van der Waals surface area contributed by atoms with E-state index >= 15 is 0 Å². The monoisotopic (exact) mass is 279 g/mol. The average Bonchev–Trinajstić information content (AvgIpc) is 2.50. The zero-order valence-corrected chi connectivity index (χ0v) is 12.5. The van der Waals surface area contributed by atoms with Crippen LogP contribution in [-0.2, 0) is 4.74 Å². The maximum atomic E-state index is 5.66. The van der Waals surface area contributed by atoms with Crippen molar-refractivity contribution in [3.63, 3.8) is 0 Å². The molecule has 1 atom stereocenters. The number of fused-ring (bicyclic) bond motifs is 1. The summed E-state index contributed by atoms with van der Waals surface area (Å²) in [6.45, 7) is 8.00. The first kappa shape index (κ1) is 15.1. The standard InChI is InChI=1S/C16H25NO3/c1-3-8-17-14(7-9-18-4-2)13-5-6-15-16(12-13)20-11-10-19-15/h5-6,12,14,17H,3-4,7-11H2,1-2H3. The molecule has 0 saturated heterocycles. The van der Waals surface area contributed by atoms with Crippen molar-refractivity contribution in [2.24, 2.45) is 0 Å². The highest BCUT2D eigenvalue weighted by Gasteiger charge is 2.16. The van der Waals surface area contributed by atoms with Crippen LogP contribution >= 0.6 is 0 Å². The molecule has 1 aliphatic heterocycles. The predicted octanol–water partition coefficient (Wildman–Crippen LogP) is 2.93. The van der Waals surface area contributed by atoms with Gasteiger partial charge in [-0.2, -0.15) is 0 Å². The van der Waals surface area contributed by atoms with Gasteiger partial charge in [-0.3, -0.25) is 0 Å². The molecule has 1 unspecified atom stereocenters. The Morgan fingerprint density at radius 3 is 2.75 bits per heavy atom. The third kappa shape index (κ3) is 4.12. The van der Waals surface area contributed by atoms with Crippen LogP contribution in [0.2, 0.25) is 0 Å². The second-order valence-corrected chi connectivity index (χ2v) is 4.90. The molecule has 0 aliphatic carbocycles. The zero-order chi connectivity index (χ0) is 14.2. The third-order valence-corrected chi connectivity index (χ3v) is 3.36. The van der Waals surface area contributed by atoms with Gasteiger partial charge in [0.1, 0.15) is 13.2 Å². The fourth-order valence-electron chi connectivity index (χ4n) is 2.33. The van der Waals surface area contributed by atoms with E-state index in [1.165, 1.54) is 5.56 Å². The molecular formula is C16H25NO3. The molecule has 2 rings (SSSR count). The smallest absolute Gasteiger partial charge is 0.161 e. The first-order valence-corrected chi connectivity index (χ1v) is 7.55. The summed E-state index contributed by atoms with van der Waals surface area (Å²) in [4.78, 5) is 0. The molecule has 1 aliphatic rings. The zero-order valence-electron chi connectivity index (χ0n) is 12.5. The lowest BCUT2D eigenvalue weighted by molar-refractivity contribution is 0.136. The molecule has 0 bridgehead atoms. The largest absolute Gasteiger partial charge is 0.486 e. The number of nitrogens with one attached hydrogen (secondary N) is 1. The van der Waals surface area contributed by atoms with E-state index in [9.17, 15) is 0 Å². The van der Waals surface area contributed by atoms with Gasteiger partial charge in [0, 0.05) is 19.3 Å². The van der Waals surface area contributed by atoms with Gasteiger partial charge in [0.15, 0.2) is 11.5 Å². The highest BCUT2D eigenvalue weighted by Crippen LogP contribution is 2.33. The second-order valence-electron chi connectivity index (χ2n) is 4.90. The number of benzene rings is 1. The molecule has 0 saturated carbocycles. The van der Waals surface area contributed by atoms with Gasteiger partial charge >= 0.3 is 0 Å². The van der Waals surface area contributed by atoms with Crippen molar-refractivity contribution in [1.82, 2.24) is 5.32 Å². The van der Waals surface area contributed by atoms with E-state index in [0.717, 1.165) is 44.1 Å². The number of ether oxygens (including phenoxy) is 3. The van der Waals surface area contributed by atoms with Gasteiger partial charge in [0.05, 0.1) is 0 Å². The molecule has 1 aromatic rings. The number of hydrogen-bond acceptors (Lipinski definition) is 4. The van der Waals surface area contributed by atoms with Gasteiger partial charge in [-0.05, 0) is 44.0 Å². The first-order valence-electron chi connectivity index (χ1n) is 7.55. The van der Waals surface area contributed by atoms with Gasteiger partial charge in [0.25, 0.3) is 0 Å². The van der Waals surface area contributed by atoms with E-state index in [-0.39, 0.29) is 0 Å². The predicted molar refractivity (Wildman–Crippen MR) is 79.6 cm³/mol. The number of rotatable bonds is 8. The Kier molecular flexibility index (Phi) is 6.15. The van der Waals surface area contributed by atoms with Gasteiger partial charge in [0.2, 0.25) is 0 Å². The summed E-state index contributed by atoms with van der Waals surface area (Å²) in [6, 6.07) is 6.52. The summed E-state index contributed by atoms with van der Waals surface area (Å²) in [7, 11) is 0. The summed E-state index contributed by atoms with van der Waals surface area (Å²) < 4.78 is 16.7. The molecule has 20 heavy (non-hydrogen) atoms. The van der Waals surface area contributed by atoms with Crippen LogP contribution in [0.1, 0.15) is 38.3 Å². The Morgan fingerprint density at radius 1 is 1.20 bits per heavy atom. The molecular weight excluding hydrogens is 254 g/mol. The Labute approximate surface area is 121 Å². The maximum Gasteiger partial charge on any atom is 0.161 e. The van der Waals surface area contributed by atoms with Crippen LogP contribution in [0.3, 0.4) is 0 Å². The van der Waals surface area contributed by atoms with Crippen molar-refractivity contribution in [3.05, 3.63) is 23.8 Å². The highest BCUT2D eigenvalue weighted by atomic mass is 16.6. The highest BCUT2D eigenvalue weighted by molar-refractivity contribution is 5.44. The van der Waals surface area contributed by atoms with Crippen molar-refractivity contribution in [2.45, 2.75) is 32.7 Å². The van der Waals surface area contributed by atoms with E-state index in [1.807, 2.05) is 13.0 Å². The fraction of sp³-hybridized carbons (Fsp3) is 0.625. The van der Waals surface area contributed by atoms with Crippen LogP contribution < -0.4 is 14.8 Å². The summed E-state index contributed by atoms with van der Waals surface area (Å²) >= 11 is 0. The van der Waals surface area contributed by atoms with Crippen molar-refractivity contribution >= 4 is 0 Å². The second kappa shape index (κ2) is 8.12. The molecule has 1 N–H and O–H groups in total. The number of hydrogen-bond donors (Lipinski definition) is 1. The first-order chi connectivity index (χ1) is 9.85. The molecule has 0 radical (unpaired) electrons. The van der Waals surface area contributed by atoms with E-state index in [1.54, 1.807) is 0 Å². The van der Waals surface area contributed by atoms with Crippen LogP contribution in [0.4, 0.5) is 0 Å². The Morgan fingerprint density at radius 2 is 2.00 bits per heavy atom. The SMILES string of the molecule is CCCNC(CCOCC)c1ccc2c(c1)OCCO2. The molecule has 0 fully saturated rings. The van der Waals surface area contributed by atoms with E-state index < -0.39 is 0 Å². The molecule has 112 valence electrons. The normalized spacial score (nSPS) is 15.1. The molecule has 0 amide bonds. The minimum atomic E-state index is 0.303. The molecule has 1 heterocycles. The molecule has 0 spiro atoms. The van der Waals surface area contributed by atoms with E-state index in [2.05, 4.69) is 24.4 Å². The van der Waals surface area contributed by atoms with Crippen molar-refractivity contribution < 1.29 is 14.2 Å². The summed E-state index contributed by atoms with van der Waals surface area (Å²) in [5.41, 5.74) is 1.24. The van der Waals surface area contributed by atoms with Crippen molar-refractivity contribution in [1.29, 1.82) is 0 Å². The molecule has 1 aromatic carbocycles. The Balaban J connectivity index is 2.06. The van der Waals surface area contributed by atoms with E-state index in [4.69, 9.17) is 14.2 Å². The van der Waals surface area contributed by atoms with Gasteiger partial charge in [-0.15, -0.1) is 0 Å². The van der Waals surface area contributed by atoms with Crippen molar-refractivity contribution in [2.75, 3.05) is 33.0 Å². The molecule has 0 aromatic heterocycles. The summed E-state index contributed by atoms with van der Waals surface area (Å²) in [6.07, 6.45) is 2.09. The van der Waals surface area contributed by atoms with Crippen LogP contribution in [0.25, 0.3) is 0 Å². The van der Waals surface area contributed by atoms with Gasteiger partial charge < -0.3 is 19.5 Å². The van der Waals surface area contributed by atoms with Crippen LogP contribution in [0.5, 0.6) is 11.5 Å². The lowest BCUT2D eigenvalue weighted by atomic mass is 10.0. The lowest BCUT2D eigenvalue weighted by Crippen LogP contribution is -2.24. The summed E-state index contributed by atoms with van der Waals surface area (Å²) in [5, 5.41) is 3.58. The van der Waals surface area contributed by atoms with Gasteiger partial charge in [-0.25, -0.2) is 0 Å². The fourth-order valence-corrected chi connectivity index (χ4v) is 2.33. The summed E-state index contributed by atoms with van der Waals surface area (Å²) in [5.74, 6) is 1.70. The molecule has 4 heteroatoms. The molecule has 4 nitrogen and oxygen atoms in total. The van der Waals surface area contributed by atoms with Crippen molar-refractivity contribution in [3.8, 4) is 11.5 Å². The minimum Gasteiger partial charge on any atom is -0.486 e. The van der Waals surface area contributed by atoms with E-state index in [0.29, 0.717) is 19.3 Å². The van der Waals surface area contributed by atoms with Crippen LogP contribution in [0, 0.1) is 0 Å². The van der Waals surface area contributed by atoms with Crippen LogP contribution in [-0.4, -0.2) is 33.0 Å². The minimum absolute atomic E-state index is 0.303. The quantitative estimate of drug-likeness (QED) is 0.743. The Hall–Kier alpha value is -1.26. The lowest BCUT2D eigenvalue weighted by Gasteiger charge is -2.23. The van der Waals surface area contributed by atoms with Crippen LogP contribution in [0.15, 0.2) is 18.2 Å². The third-order valence-electron chi connectivity index (χ3n) is 3.36. The van der Waals surface area contributed by atoms with Gasteiger partial charge in [-0.1, -0.05) is 13.0 Å². The Bertz CT molecular complexity index is 409.